The third-order valence-electron chi connectivity index (χ3n) is 8.17. The highest BCUT2D eigenvalue weighted by molar-refractivity contribution is 5.74. The Bertz CT molecular complexity index is 1250. The van der Waals surface area contributed by atoms with Crippen molar-refractivity contribution in [3.63, 3.8) is 0 Å². The summed E-state index contributed by atoms with van der Waals surface area (Å²) < 4.78 is 14.8. The van der Waals surface area contributed by atoms with Crippen LogP contribution in [0.25, 0.3) is 11.3 Å². The van der Waals surface area contributed by atoms with E-state index in [-0.39, 0.29) is 17.2 Å². The fourth-order valence-corrected chi connectivity index (χ4v) is 4.92. The van der Waals surface area contributed by atoms with Crippen molar-refractivity contribution in [3.05, 3.63) is 118 Å². The monoisotopic (exact) mass is 513 g/mol. The third-order valence-corrected chi connectivity index (χ3v) is 8.17. The fourth-order valence-electron chi connectivity index (χ4n) is 4.92. The number of nitrogens with one attached hydrogen (secondary N) is 1. The van der Waals surface area contributed by atoms with Crippen molar-refractivity contribution < 1.29 is 4.39 Å². The Balaban J connectivity index is 2.46. The summed E-state index contributed by atoms with van der Waals surface area (Å²) in [4.78, 5) is 0. The summed E-state index contributed by atoms with van der Waals surface area (Å²) in [5, 5.41) is 3.54. The van der Waals surface area contributed by atoms with Crippen molar-refractivity contribution in [2.24, 2.45) is 5.41 Å². The van der Waals surface area contributed by atoms with Crippen molar-refractivity contribution in [3.8, 4) is 0 Å². The number of halogens is 1. The molecular weight excluding hydrogens is 465 g/mol. The van der Waals surface area contributed by atoms with Gasteiger partial charge >= 0.3 is 0 Å². The van der Waals surface area contributed by atoms with E-state index in [4.69, 9.17) is 0 Å². The SMILES string of the molecule is C=C(NCC(CC)=C(C)C)c1ccc(CC)c(C(C)C(C)(/C=C\C(=C/C)c2ccc(C)cc2F)C(=C)C)c1. The second-order valence-electron chi connectivity index (χ2n) is 10.9. The van der Waals surface area contributed by atoms with E-state index in [0.717, 1.165) is 47.4 Å². The molecule has 2 heteroatoms. The molecule has 0 amide bonds. The summed E-state index contributed by atoms with van der Waals surface area (Å²) in [6.45, 7) is 28.7. The van der Waals surface area contributed by atoms with E-state index in [9.17, 15) is 4.39 Å². The Morgan fingerprint density at radius 1 is 1.08 bits per heavy atom. The van der Waals surface area contributed by atoms with E-state index in [1.807, 2.05) is 32.1 Å². The highest BCUT2D eigenvalue weighted by atomic mass is 19.1. The molecule has 2 atom stereocenters. The van der Waals surface area contributed by atoms with Gasteiger partial charge in [-0.25, -0.2) is 4.39 Å². The molecule has 2 aromatic carbocycles. The van der Waals surface area contributed by atoms with Gasteiger partial charge in [-0.1, -0.05) is 100 Å². The molecule has 0 aliphatic rings. The maximum absolute atomic E-state index is 14.8. The molecular formula is C36H48FN. The minimum absolute atomic E-state index is 0.156. The maximum atomic E-state index is 14.8. The van der Waals surface area contributed by atoms with Crippen molar-refractivity contribution in [2.75, 3.05) is 6.54 Å². The van der Waals surface area contributed by atoms with Gasteiger partial charge in [0.05, 0.1) is 0 Å². The van der Waals surface area contributed by atoms with Crippen LogP contribution in [0.4, 0.5) is 4.39 Å². The Labute approximate surface area is 232 Å². The lowest BCUT2D eigenvalue weighted by Gasteiger charge is -2.36. The van der Waals surface area contributed by atoms with Crippen molar-refractivity contribution in [2.45, 2.75) is 81.1 Å². The van der Waals surface area contributed by atoms with Crippen LogP contribution in [-0.2, 0) is 6.42 Å². The van der Waals surface area contributed by atoms with Crippen LogP contribution in [0.5, 0.6) is 0 Å². The Morgan fingerprint density at radius 3 is 2.29 bits per heavy atom. The Morgan fingerprint density at radius 2 is 1.76 bits per heavy atom. The average molecular weight is 514 g/mol. The van der Waals surface area contributed by atoms with E-state index in [0.29, 0.717) is 5.56 Å². The second kappa shape index (κ2) is 13.6. The van der Waals surface area contributed by atoms with Gasteiger partial charge in [0.1, 0.15) is 5.82 Å². The smallest absolute Gasteiger partial charge is 0.131 e. The van der Waals surface area contributed by atoms with Crippen LogP contribution >= 0.6 is 0 Å². The molecule has 204 valence electrons. The summed E-state index contributed by atoms with van der Waals surface area (Å²) in [5.74, 6) is -0.0388. The molecule has 2 unspecified atom stereocenters. The summed E-state index contributed by atoms with van der Waals surface area (Å²) in [5.41, 5.74) is 10.6. The lowest BCUT2D eigenvalue weighted by atomic mass is 9.68. The molecule has 0 radical (unpaired) electrons. The van der Waals surface area contributed by atoms with Crippen LogP contribution in [0.2, 0.25) is 0 Å². The lowest BCUT2D eigenvalue weighted by Crippen LogP contribution is -2.24. The molecule has 0 aromatic heterocycles. The van der Waals surface area contributed by atoms with E-state index < -0.39 is 0 Å². The summed E-state index contributed by atoms with van der Waals surface area (Å²) in [7, 11) is 0. The van der Waals surface area contributed by atoms with Crippen molar-refractivity contribution >= 4 is 11.3 Å². The molecule has 0 saturated heterocycles. The molecule has 38 heavy (non-hydrogen) atoms. The zero-order valence-electron chi connectivity index (χ0n) is 25.2. The predicted molar refractivity (Wildman–Crippen MR) is 167 cm³/mol. The van der Waals surface area contributed by atoms with Gasteiger partial charge in [0.15, 0.2) is 0 Å². The minimum Gasteiger partial charge on any atom is -0.381 e. The van der Waals surface area contributed by atoms with Gasteiger partial charge < -0.3 is 5.32 Å². The van der Waals surface area contributed by atoms with Crippen molar-refractivity contribution in [1.82, 2.24) is 5.32 Å². The topological polar surface area (TPSA) is 12.0 Å². The fraction of sp³-hybridized carbons (Fsp3) is 0.389. The molecule has 2 rings (SSSR count). The molecule has 0 spiro atoms. The molecule has 0 aliphatic heterocycles. The summed E-state index contributed by atoms with van der Waals surface area (Å²) in [6.07, 6.45) is 8.21. The summed E-state index contributed by atoms with van der Waals surface area (Å²) in [6, 6.07) is 12.1. The van der Waals surface area contributed by atoms with Crippen LogP contribution < -0.4 is 5.32 Å². The van der Waals surface area contributed by atoms with Gasteiger partial charge in [-0.3, -0.25) is 0 Å². The molecule has 0 saturated carbocycles. The van der Waals surface area contributed by atoms with Gasteiger partial charge in [-0.15, -0.1) is 0 Å². The zero-order chi connectivity index (χ0) is 28.6. The highest BCUT2D eigenvalue weighted by Crippen LogP contribution is 2.44. The van der Waals surface area contributed by atoms with Crippen LogP contribution in [0.1, 0.15) is 95.5 Å². The number of allylic oxidation sites excluding steroid dienone is 6. The van der Waals surface area contributed by atoms with Gasteiger partial charge in [-0.05, 0) is 93.3 Å². The third kappa shape index (κ3) is 7.25. The van der Waals surface area contributed by atoms with E-state index >= 15 is 0 Å². The van der Waals surface area contributed by atoms with E-state index in [1.54, 1.807) is 6.07 Å². The molecule has 1 N–H and O–H groups in total. The maximum Gasteiger partial charge on any atom is 0.131 e. The number of hydrogen-bond donors (Lipinski definition) is 1. The number of hydrogen-bond acceptors (Lipinski definition) is 1. The Kier molecular flexibility index (Phi) is 11.1. The van der Waals surface area contributed by atoms with Gasteiger partial charge in [0, 0.05) is 23.2 Å². The Hall–Kier alpha value is -3.13. The second-order valence-corrected chi connectivity index (χ2v) is 10.9. The molecule has 1 nitrogen and oxygen atoms in total. The van der Waals surface area contributed by atoms with Gasteiger partial charge in [0.2, 0.25) is 0 Å². The van der Waals surface area contributed by atoms with Crippen molar-refractivity contribution in [1.29, 1.82) is 0 Å². The minimum atomic E-state index is -0.329. The number of aryl methyl sites for hydroxylation is 2. The van der Waals surface area contributed by atoms with E-state index in [1.165, 1.54) is 22.3 Å². The molecule has 0 heterocycles. The van der Waals surface area contributed by atoms with Crippen LogP contribution in [-0.4, -0.2) is 6.54 Å². The number of benzene rings is 2. The first-order valence-corrected chi connectivity index (χ1v) is 13.9. The normalized spacial score (nSPS) is 14.2. The van der Waals surface area contributed by atoms with E-state index in [2.05, 4.69) is 97.3 Å². The highest BCUT2D eigenvalue weighted by Gasteiger charge is 2.32. The predicted octanol–water partition coefficient (Wildman–Crippen LogP) is 10.3. The number of rotatable bonds is 12. The quantitative estimate of drug-likeness (QED) is 0.220. The molecule has 0 fully saturated rings. The van der Waals surface area contributed by atoms with Crippen LogP contribution in [0.15, 0.2) is 84.5 Å². The zero-order valence-corrected chi connectivity index (χ0v) is 25.2. The lowest BCUT2D eigenvalue weighted by molar-refractivity contribution is 0.423. The molecule has 0 aliphatic carbocycles. The molecule has 2 aromatic rings. The standard InChI is InChI=1S/C36H48FN/c1-12-29-16-17-32(28(10)38-23-31(14-3)24(4)5)22-34(29)27(9)36(11,25(6)7)20-19-30(13-2)33-18-15-26(8)21-35(33)37/h13,15-22,27,38H,6,10,12,14,23H2,1-5,7-9,11H3/b20-19-,30-13+. The first-order chi connectivity index (χ1) is 17.9. The largest absolute Gasteiger partial charge is 0.381 e. The summed E-state index contributed by atoms with van der Waals surface area (Å²) >= 11 is 0. The van der Waals surface area contributed by atoms with Gasteiger partial charge in [-0.2, -0.15) is 0 Å². The molecule has 0 bridgehead atoms. The average Bonchev–Trinajstić information content (AvgIpc) is 2.88. The van der Waals surface area contributed by atoms with Crippen LogP contribution in [0.3, 0.4) is 0 Å². The first kappa shape index (κ1) is 31.1. The first-order valence-electron chi connectivity index (χ1n) is 13.9. The van der Waals surface area contributed by atoms with Crippen LogP contribution in [0, 0.1) is 18.2 Å². The van der Waals surface area contributed by atoms with Gasteiger partial charge in [0.25, 0.3) is 0 Å².